The number of aryl methyl sites for hydroxylation is 1. The monoisotopic (exact) mass is 231 g/mol. The predicted molar refractivity (Wildman–Crippen MR) is 76.3 cm³/mol. The first-order valence-corrected chi connectivity index (χ1v) is 6.83. The fourth-order valence-corrected chi connectivity index (χ4v) is 1.79. The van der Waals surface area contributed by atoms with Gasteiger partial charge in [-0.25, -0.2) is 0 Å². The molecule has 0 amide bonds. The molecule has 1 N–H and O–H groups in total. The Labute approximate surface area is 106 Å². The number of nitrogens with one attached hydrogen (secondary N) is 1. The molecule has 17 heavy (non-hydrogen) atoms. The number of allylic oxidation sites excluding steroid dienone is 1. The van der Waals surface area contributed by atoms with Gasteiger partial charge in [0.1, 0.15) is 0 Å². The number of unbranched alkanes of at least 4 members (excludes halogenated alkanes) is 1. The van der Waals surface area contributed by atoms with E-state index in [0.717, 1.165) is 19.5 Å². The van der Waals surface area contributed by atoms with E-state index in [9.17, 15) is 0 Å². The molecule has 0 radical (unpaired) electrons. The van der Waals surface area contributed by atoms with Gasteiger partial charge in [0.2, 0.25) is 0 Å². The summed E-state index contributed by atoms with van der Waals surface area (Å²) in [4.78, 5) is 0. The van der Waals surface area contributed by atoms with Crippen LogP contribution in [0.25, 0.3) is 0 Å². The largest absolute Gasteiger partial charge is 0.316 e. The van der Waals surface area contributed by atoms with Crippen LogP contribution in [-0.4, -0.2) is 13.1 Å². The molecule has 0 saturated heterocycles. The van der Waals surface area contributed by atoms with Crippen molar-refractivity contribution in [2.45, 2.75) is 39.0 Å². The summed E-state index contributed by atoms with van der Waals surface area (Å²) in [6.07, 6.45) is 10.6. The van der Waals surface area contributed by atoms with Crippen LogP contribution in [0.3, 0.4) is 0 Å². The van der Waals surface area contributed by atoms with Crippen molar-refractivity contribution in [3.05, 3.63) is 48.0 Å². The van der Waals surface area contributed by atoms with E-state index < -0.39 is 0 Å². The van der Waals surface area contributed by atoms with Gasteiger partial charge < -0.3 is 5.32 Å². The predicted octanol–water partition coefficient (Wildman–Crippen LogP) is 3.96. The second-order valence-electron chi connectivity index (χ2n) is 4.39. The summed E-state index contributed by atoms with van der Waals surface area (Å²) in [5.41, 5.74) is 1.45. The van der Waals surface area contributed by atoms with Crippen LogP contribution < -0.4 is 5.32 Å². The Morgan fingerprint density at radius 2 is 1.76 bits per heavy atom. The van der Waals surface area contributed by atoms with E-state index in [1.165, 1.54) is 31.2 Å². The van der Waals surface area contributed by atoms with Gasteiger partial charge in [-0.1, -0.05) is 49.4 Å². The lowest BCUT2D eigenvalue weighted by Crippen LogP contribution is -2.14. The van der Waals surface area contributed by atoms with Crippen molar-refractivity contribution in [3.8, 4) is 0 Å². The molecule has 0 aliphatic carbocycles. The summed E-state index contributed by atoms with van der Waals surface area (Å²) >= 11 is 0. The molecule has 1 rings (SSSR count). The Morgan fingerprint density at radius 3 is 2.53 bits per heavy atom. The van der Waals surface area contributed by atoms with Crippen LogP contribution in [0.5, 0.6) is 0 Å². The van der Waals surface area contributed by atoms with Crippen LogP contribution in [0, 0.1) is 0 Å². The molecule has 0 atom stereocenters. The number of hydrogen-bond donors (Lipinski definition) is 1. The molecular weight excluding hydrogens is 206 g/mol. The molecule has 0 spiro atoms. The van der Waals surface area contributed by atoms with Crippen LogP contribution in [-0.2, 0) is 6.42 Å². The van der Waals surface area contributed by atoms with Gasteiger partial charge in [-0.15, -0.1) is 0 Å². The van der Waals surface area contributed by atoms with E-state index in [0.29, 0.717) is 0 Å². The Hall–Kier alpha value is -1.08. The third-order valence-electron chi connectivity index (χ3n) is 2.76. The molecule has 0 aliphatic rings. The van der Waals surface area contributed by atoms with E-state index >= 15 is 0 Å². The second-order valence-corrected chi connectivity index (χ2v) is 4.39. The van der Waals surface area contributed by atoms with Crippen LogP contribution >= 0.6 is 0 Å². The zero-order valence-corrected chi connectivity index (χ0v) is 11.0. The zero-order valence-electron chi connectivity index (χ0n) is 11.0. The average molecular weight is 231 g/mol. The maximum absolute atomic E-state index is 3.40. The van der Waals surface area contributed by atoms with E-state index in [4.69, 9.17) is 0 Å². The van der Waals surface area contributed by atoms with Gasteiger partial charge in [0.05, 0.1) is 0 Å². The van der Waals surface area contributed by atoms with E-state index in [1.807, 2.05) is 0 Å². The highest BCUT2D eigenvalue weighted by molar-refractivity contribution is 5.14. The van der Waals surface area contributed by atoms with Gasteiger partial charge in [-0.2, -0.15) is 0 Å². The molecule has 0 aromatic heterocycles. The van der Waals surface area contributed by atoms with Crippen molar-refractivity contribution >= 4 is 0 Å². The molecule has 0 fully saturated rings. The molecule has 1 aromatic rings. The van der Waals surface area contributed by atoms with E-state index in [2.05, 4.69) is 54.7 Å². The lowest BCUT2D eigenvalue weighted by molar-refractivity contribution is 0.677. The van der Waals surface area contributed by atoms with Crippen molar-refractivity contribution in [1.29, 1.82) is 0 Å². The Morgan fingerprint density at radius 1 is 1.00 bits per heavy atom. The molecular formula is C16H25N. The van der Waals surface area contributed by atoms with Crippen LogP contribution in [0.4, 0.5) is 0 Å². The molecule has 0 aliphatic heterocycles. The lowest BCUT2D eigenvalue weighted by Gasteiger charge is -1.99. The third-order valence-corrected chi connectivity index (χ3v) is 2.76. The average Bonchev–Trinajstić information content (AvgIpc) is 2.38. The van der Waals surface area contributed by atoms with Gasteiger partial charge in [0.25, 0.3) is 0 Å². The molecule has 0 unspecified atom stereocenters. The SMILES string of the molecule is CCCNCCC=CCCCc1ccccc1. The Bertz CT molecular complexity index is 290. The first-order chi connectivity index (χ1) is 8.43. The first kappa shape index (κ1) is 14.0. The fourth-order valence-electron chi connectivity index (χ4n) is 1.79. The summed E-state index contributed by atoms with van der Waals surface area (Å²) < 4.78 is 0. The molecule has 94 valence electrons. The number of rotatable bonds is 9. The minimum absolute atomic E-state index is 1.11. The van der Waals surface area contributed by atoms with Gasteiger partial charge in [-0.05, 0) is 50.8 Å². The third kappa shape index (κ3) is 7.76. The highest BCUT2D eigenvalue weighted by Crippen LogP contribution is 2.04. The standard InChI is InChI=1S/C16H25N/c1-2-14-17-15-10-5-3-4-7-11-16-12-8-6-9-13-16/h3,5-6,8-9,12-13,17H,2,4,7,10-11,14-15H2,1H3. The summed E-state index contributed by atoms with van der Waals surface area (Å²) in [5, 5.41) is 3.40. The quantitative estimate of drug-likeness (QED) is 0.501. The van der Waals surface area contributed by atoms with Crippen LogP contribution in [0.15, 0.2) is 42.5 Å². The zero-order chi connectivity index (χ0) is 12.2. The van der Waals surface area contributed by atoms with Gasteiger partial charge in [0.15, 0.2) is 0 Å². The molecule has 1 nitrogen and oxygen atoms in total. The van der Waals surface area contributed by atoms with Crippen molar-refractivity contribution in [2.75, 3.05) is 13.1 Å². The first-order valence-electron chi connectivity index (χ1n) is 6.83. The Balaban J connectivity index is 1.95. The fraction of sp³-hybridized carbons (Fsp3) is 0.500. The molecule has 1 aromatic carbocycles. The minimum atomic E-state index is 1.11. The van der Waals surface area contributed by atoms with Crippen molar-refractivity contribution in [1.82, 2.24) is 5.32 Å². The van der Waals surface area contributed by atoms with E-state index in [-0.39, 0.29) is 0 Å². The molecule has 0 heterocycles. The molecule has 1 heteroatoms. The summed E-state index contributed by atoms with van der Waals surface area (Å²) in [5.74, 6) is 0. The minimum Gasteiger partial charge on any atom is -0.316 e. The highest BCUT2D eigenvalue weighted by atomic mass is 14.8. The van der Waals surface area contributed by atoms with Crippen molar-refractivity contribution < 1.29 is 0 Å². The number of benzene rings is 1. The second kappa shape index (κ2) is 10.1. The van der Waals surface area contributed by atoms with Crippen LogP contribution in [0.2, 0.25) is 0 Å². The van der Waals surface area contributed by atoms with Crippen molar-refractivity contribution in [2.24, 2.45) is 0 Å². The maximum Gasteiger partial charge on any atom is -0.00143 e. The van der Waals surface area contributed by atoms with Gasteiger partial charge in [0, 0.05) is 0 Å². The summed E-state index contributed by atoms with van der Waals surface area (Å²) in [6.45, 7) is 4.46. The van der Waals surface area contributed by atoms with Gasteiger partial charge in [-0.3, -0.25) is 0 Å². The smallest absolute Gasteiger partial charge is 0.00143 e. The lowest BCUT2D eigenvalue weighted by atomic mass is 10.1. The maximum atomic E-state index is 3.40. The normalized spacial score (nSPS) is 11.1. The highest BCUT2D eigenvalue weighted by Gasteiger charge is 1.89. The van der Waals surface area contributed by atoms with Crippen LogP contribution in [0.1, 0.15) is 38.2 Å². The van der Waals surface area contributed by atoms with Crippen molar-refractivity contribution in [3.63, 3.8) is 0 Å². The molecule has 0 saturated carbocycles. The number of hydrogen-bond acceptors (Lipinski definition) is 1. The topological polar surface area (TPSA) is 12.0 Å². The summed E-state index contributed by atoms with van der Waals surface area (Å²) in [6, 6.07) is 10.7. The molecule has 0 bridgehead atoms. The van der Waals surface area contributed by atoms with Gasteiger partial charge >= 0.3 is 0 Å². The Kier molecular flexibility index (Phi) is 8.31. The summed E-state index contributed by atoms with van der Waals surface area (Å²) in [7, 11) is 0. The van der Waals surface area contributed by atoms with E-state index in [1.54, 1.807) is 0 Å².